The van der Waals surface area contributed by atoms with Crippen LogP contribution >= 0.6 is 0 Å². The molecule has 6 rings (SSSR count). The summed E-state index contributed by atoms with van der Waals surface area (Å²) in [6.45, 7) is 0.210. The molecular formula is C24H25F2N7O. The van der Waals surface area contributed by atoms with Gasteiger partial charge in [-0.15, -0.1) is 0 Å². The Morgan fingerprint density at radius 1 is 1.18 bits per heavy atom. The highest BCUT2D eigenvalue weighted by Crippen LogP contribution is 2.37. The van der Waals surface area contributed by atoms with Gasteiger partial charge in [-0.2, -0.15) is 5.10 Å². The number of imidazole rings is 1. The number of anilines is 1. The number of rotatable bonds is 6. The van der Waals surface area contributed by atoms with Gasteiger partial charge in [-0.3, -0.25) is 9.08 Å². The van der Waals surface area contributed by atoms with Crippen molar-refractivity contribution < 1.29 is 13.5 Å². The number of aromatic nitrogens is 5. The fourth-order valence-electron chi connectivity index (χ4n) is 4.45. The summed E-state index contributed by atoms with van der Waals surface area (Å²) in [6.07, 6.45) is 10.2. The molecule has 0 spiro atoms. The Morgan fingerprint density at radius 3 is 2.85 bits per heavy atom. The molecule has 0 bridgehead atoms. The molecule has 2 fully saturated rings. The van der Waals surface area contributed by atoms with E-state index in [1.54, 1.807) is 19.4 Å². The summed E-state index contributed by atoms with van der Waals surface area (Å²) in [5, 5.41) is 10.2. The van der Waals surface area contributed by atoms with E-state index < -0.39 is 12.0 Å². The zero-order chi connectivity index (χ0) is 23.3. The van der Waals surface area contributed by atoms with Gasteiger partial charge in [0.2, 0.25) is 0 Å². The van der Waals surface area contributed by atoms with Crippen LogP contribution in [-0.2, 0) is 0 Å². The predicted octanol–water partition coefficient (Wildman–Crippen LogP) is 4.01. The predicted molar refractivity (Wildman–Crippen MR) is 124 cm³/mol. The molecule has 2 N–H and O–H groups in total. The first-order chi connectivity index (χ1) is 16.5. The Morgan fingerprint density at radius 2 is 2.06 bits per heavy atom. The minimum Gasteiger partial charge on any atom is -0.496 e. The molecule has 1 unspecified atom stereocenters. The molecule has 1 saturated carbocycles. The molecule has 1 aliphatic heterocycles. The van der Waals surface area contributed by atoms with Gasteiger partial charge in [0.25, 0.3) is 5.92 Å². The molecule has 1 atom stereocenters. The molecule has 0 aromatic carbocycles. The lowest BCUT2D eigenvalue weighted by molar-refractivity contribution is -0.0322. The number of ether oxygens (including phenoxy) is 1. The molecule has 0 radical (unpaired) electrons. The molecule has 0 amide bonds. The van der Waals surface area contributed by atoms with Crippen LogP contribution in [0, 0.1) is 0 Å². The quantitative estimate of drug-likeness (QED) is 0.448. The maximum absolute atomic E-state index is 14.3. The lowest BCUT2D eigenvalue weighted by atomic mass is 10.0. The van der Waals surface area contributed by atoms with Crippen molar-refractivity contribution >= 4 is 11.5 Å². The summed E-state index contributed by atoms with van der Waals surface area (Å²) in [5.74, 6) is -1.72. The Kier molecular flexibility index (Phi) is 4.98. The number of fused-ring (bicyclic) bond motifs is 1. The molecule has 1 saturated heterocycles. The van der Waals surface area contributed by atoms with Crippen LogP contribution in [0.1, 0.15) is 25.3 Å². The van der Waals surface area contributed by atoms with Crippen molar-refractivity contribution in [3.8, 4) is 28.3 Å². The second-order valence-corrected chi connectivity index (χ2v) is 8.90. The first-order valence-electron chi connectivity index (χ1n) is 11.4. The lowest BCUT2D eigenvalue weighted by Crippen LogP contribution is -2.52. The summed E-state index contributed by atoms with van der Waals surface area (Å²) < 4.78 is 38.1. The Labute approximate surface area is 195 Å². The van der Waals surface area contributed by atoms with Crippen LogP contribution in [0.15, 0.2) is 49.1 Å². The number of nitrogens with one attached hydrogen (secondary N) is 2. The summed E-state index contributed by atoms with van der Waals surface area (Å²) in [4.78, 5) is 9.16. The molecule has 2 aliphatic rings. The highest BCUT2D eigenvalue weighted by molar-refractivity contribution is 5.73. The number of alkyl halides is 2. The molecule has 34 heavy (non-hydrogen) atoms. The molecular weight excluding hydrogens is 440 g/mol. The average molecular weight is 466 g/mol. The van der Waals surface area contributed by atoms with E-state index in [9.17, 15) is 8.78 Å². The summed E-state index contributed by atoms with van der Waals surface area (Å²) in [5.41, 5.74) is 3.95. The number of piperidine rings is 1. The van der Waals surface area contributed by atoms with Crippen molar-refractivity contribution in [2.75, 3.05) is 25.5 Å². The normalized spacial score (nSPS) is 19.9. The third kappa shape index (κ3) is 3.77. The first-order valence-corrected chi connectivity index (χ1v) is 11.4. The zero-order valence-corrected chi connectivity index (χ0v) is 18.7. The second-order valence-electron chi connectivity index (χ2n) is 8.90. The van der Waals surface area contributed by atoms with Gasteiger partial charge in [0.05, 0.1) is 49.5 Å². The van der Waals surface area contributed by atoms with Gasteiger partial charge >= 0.3 is 0 Å². The van der Waals surface area contributed by atoms with Crippen LogP contribution in [0.2, 0.25) is 0 Å². The molecule has 10 heteroatoms. The maximum atomic E-state index is 14.3. The van der Waals surface area contributed by atoms with Crippen molar-refractivity contribution in [2.24, 2.45) is 0 Å². The van der Waals surface area contributed by atoms with Crippen molar-refractivity contribution in [3.63, 3.8) is 0 Å². The lowest BCUT2D eigenvalue weighted by Gasteiger charge is -2.32. The van der Waals surface area contributed by atoms with Crippen molar-refractivity contribution in [3.05, 3.63) is 49.1 Å². The van der Waals surface area contributed by atoms with Crippen molar-refractivity contribution in [1.82, 2.24) is 29.5 Å². The number of hydrogen-bond donors (Lipinski definition) is 2. The van der Waals surface area contributed by atoms with E-state index in [-0.39, 0.29) is 6.54 Å². The van der Waals surface area contributed by atoms with Gasteiger partial charge < -0.3 is 15.4 Å². The third-order valence-corrected chi connectivity index (χ3v) is 6.48. The van der Waals surface area contributed by atoms with E-state index in [0.29, 0.717) is 41.9 Å². The van der Waals surface area contributed by atoms with Gasteiger partial charge in [0.1, 0.15) is 17.2 Å². The first kappa shape index (κ1) is 21.0. The molecule has 176 valence electrons. The standard InChI is InChI=1S/C24H25F2N7O/c1-34-20-9-23-28-11-19(32(23)13-17(20)15-10-29-33(12-15)16-5-6-16)18-3-2-4-22(30-18)31-21-7-8-27-14-24(21,25)26/h2-4,9-13,16,21,27H,5-8,14H2,1H3,(H,30,31). The van der Waals surface area contributed by atoms with Crippen molar-refractivity contribution in [1.29, 1.82) is 0 Å². The number of halogens is 2. The number of methoxy groups -OCH3 is 1. The number of nitrogens with zero attached hydrogens (tertiary/aromatic N) is 5. The maximum Gasteiger partial charge on any atom is 0.279 e. The average Bonchev–Trinajstić information content (AvgIpc) is 3.42. The summed E-state index contributed by atoms with van der Waals surface area (Å²) >= 11 is 0. The summed E-state index contributed by atoms with van der Waals surface area (Å²) in [6, 6.07) is 6.78. The third-order valence-electron chi connectivity index (χ3n) is 6.48. The zero-order valence-electron chi connectivity index (χ0n) is 18.7. The van der Waals surface area contributed by atoms with Crippen LogP contribution in [-0.4, -0.2) is 56.3 Å². The van der Waals surface area contributed by atoms with Gasteiger partial charge in [-0.25, -0.2) is 18.7 Å². The highest BCUT2D eigenvalue weighted by atomic mass is 19.3. The molecule has 1 aliphatic carbocycles. The van der Waals surface area contributed by atoms with Gasteiger partial charge in [0.15, 0.2) is 0 Å². The molecule has 5 heterocycles. The monoisotopic (exact) mass is 465 g/mol. The number of pyridine rings is 2. The Hall–Kier alpha value is -3.53. The Bertz CT molecular complexity index is 1340. The van der Waals surface area contributed by atoms with E-state index in [0.717, 1.165) is 29.7 Å². The number of hydrogen-bond acceptors (Lipinski definition) is 6. The van der Waals surface area contributed by atoms with E-state index >= 15 is 0 Å². The van der Waals surface area contributed by atoms with Crippen molar-refractivity contribution in [2.45, 2.75) is 37.3 Å². The van der Waals surface area contributed by atoms with Gasteiger partial charge in [-0.05, 0) is 37.9 Å². The SMILES string of the molecule is COc1cc2ncc(-c3cccc(NC4CCNCC4(F)F)n3)n2cc1-c1cnn(C2CC2)c1. The minimum atomic E-state index is -2.84. The Balaban J connectivity index is 1.36. The van der Waals surface area contributed by atoms with Crippen LogP contribution < -0.4 is 15.4 Å². The fourth-order valence-corrected chi connectivity index (χ4v) is 4.45. The van der Waals surface area contributed by atoms with Crippen LogP contribution in [0.25, 0.3) is 28.2 Å². The van der Waals surface area contributed by atoms with Crippen LogP contribution in [0.5, 0.6) is 5.75 Å². The minimum absolute atomic E-state index is 0.326. The van der Waals surface area contributed by atoms with E-state index in [4.69, 9.17) is 4.74 Å². The van der Waals surface area contributed by atoms with E-state index in [2.05, 4.69) is 25.7 Å². The summed E-state index contributed by atoms with van der Waals surface area (Å²) in [7, 11) is 1.64. The van der Waals surface area contributed by atoms with E-state index in [1.807, 2.05) is 45.9 Å². The fraction of sp³-hybridized carbons (Fsp3) is 0.375. The van der Waals surface area contributed by atoms with E-state index in [1.165, 1.54) is 0 Å². The van der Waals surface area contributed by atoms with Crippen LogP contribution in [0.4, 0.5) is 14.6 Å². The van der Waals surface area contributed by atoms with Gasteiger partial charge in [0, 0.05) is 29.6 Å². The topological polar surface area (TPSA) is 81.3 Å². The molecule has 4 aromatic rings. The second kappa shape index (κ2) is 8.05. The highest BCUT2D eigenvalue weighted by Gasteiger charge is 2.41. The molecule has 4 aromatic heterocycles. The van der Waals surface area contributed by atoms with Crippen LogP contribution in [0.3, 0.4) is 0 Å². The largest absolute Gasteiger partial charge is 0.496 e. The molecule has 8 nitrogen and oxygen atoms in total. The smallest absolute Gasteiger partial charge is 0.279 e. The van der Waals surface area contributed by atoms with Gasteiger partial charge in [-0.1, -0.05) is 6.07 Å².